The number of aromatic nitrogens is 2. The highest BCUT2D eigenvalue weighted by Gasteiger charge is 2.15. The summed E-state index contributed by atoms with van der Waals surface area (Å²) in [6.45, 7) is 3.57. The summed E-state index contributed by atoms with van der Waals surface area (Å²) in [7, 11) is 1.95. The third-order valence-electron chi connectivity index (χ3n) is 3.70. The summed E-state index contributed by atoms with van der Waals surface area (Å²) in [5.74, 6) is 0.299. The van der Waals surface area contributed by atoms with Crippen LogP contribution in [0.5, 0.6) is 0 Å². The second-order valence-corrected chi connectivity index (χ2v) is 5.14. The number of hydrogen-bond acceptors (Lipinski definition) is 3. The molecule has 1 saturated heterocycles. The van der Waals surface area contributed by atoms with E-state index in [0.717, 1.165) is 32.6 Å². The quantitative estimate of drug-likeness (QED) is 0.779. The lowest BCUT2D eigenvalue weighted by Gasteiger charge is -2.26. The zero-order chi connectivity index (χ0) is 13.5. The molecule has 2 rings (SSSR count). The average molecular weight is 264 g/mol. The van der Waals surface area contributed by atoms with Crippen molar-refractivity contribution in [3.05, 3.63) is 18.0 Å². The fourth-order valence-electron chi connectivity index (χ4n) is 2.48. The number of nitrogens with zero attached hydrogens (tertiary/aromatic N) is 3. The van der Waals surface area contributed by atoms with Gasteiger partial charge in [0.2, 0.25) is 5.91 Å². The second-order valence-electron chi connectivity index (χ2n) is 5.14. The van der Waals surface area contributed by atoms with Gasteiger partial charge in [0.1, 0.15) is 0 Å². The molecule has 0 aliphatic carbocycles. The number of rotatable bonds is 6. The van der Waals surface area contributed by atoms with Crippen molar-refractivity contribution in [2.24, 2.45) is 7.05 Å². The summed E-state index contributed by atoms with van der Waals surface area (Å²) < 4.78 is 1.89. The molecule has 19 heavy (non-hydrogen) atoms. The van der Waals surface area contributed by atoms with Gasteiger partial charge < -0.3 is 10.2 Å². The SMILES string of the molecule is Cn1nccc1CCNCCC(=O)N1CCCCC1. The van der Waals surface area contributed by atoms with Crippen molar-refractivity contribution in [3.8, 4) is 0 Å². The first-order chi connectivity index (χ1) is 9.27. The maximum atomic E-state index is 11.9. The minimum atomic E-state index is 0.299. The maximum Gasteiger partial charge on any atom is 0.223 e. The average Bonchev–Trinajstić information content (AvgIpc) is 2.85. The van der Waals surface area contributed by atoms with Crippen molar-refractivity contribution in [1.82, 2.24) is 20.0 Å². The van der Waals surface area contributed by atoms with Gasteiger partial charge in [-0.15, -0.1) is 0 Å². The molecule has 0 aromatic carbocycles. The summed E-state index contributed by atoms with van der Waals surface area (Å²) >= 11 is 0. The van der Waals surface area contributed by atoms with Gasteiger partial charge in [0.05, 0.1) is 0 Å². The summed E-state index contributed by atoms with van der Waals surface area (Å²) in [6, 6.07) is 2.03. The Bertz CT molecular complexity index is 396. The molecule has 1 aromatic heterocycles. The van der Waals surface area contributed by atoms with Crippen LogP contribution in [0.2, 0.25) is 0 Å². The number of nitrogens with one attached hydrogen (secondary N) is 1. The number of carbonyl (C=O) groups excluding carboxylic acids is 1. The molecular weight excluding hydrogens is 240 g/mol. The molecule has 1 aromatic rings. The van der Waals surface area contributed by atoms with Crippen LogP contribution in [0.4, 0.5) is 0 Å². The number of likely N-dealkylation sites (tertiary alicyclic amines) is 1. The molecule has 0 spiro atoms. The molecule has 1 aliphatic heterocycles. The molecule has 5 heteroatoms. The van der Waals surface area contributed by atoms with Crippen molar-refractivity contribution < 1.29 is 4.79 Å². The van der Waals surface area contributed by atoms with E-state index in [1.165, 1.54) is 25.0 Å². The number of amides is 1. The molecule has 2 heterocycles. The van der Waals surface area contributed by atoms with Crippen molar-refractivity contribution in [3.63, 3.8) is 0 Å². The minimum Gasteiger partial charge on any atom is -0.343 e. The molecule has 0 bridgehead atoms. The van der Waals surface area contributed by atoms with Gasteiger partial charge in [-0.3, -0.25) is 9.48 Å². The van der Waals surface area contributed by atoms with Crippen LogP contribution in [0.25, 0.3) is 0 Å². The molecule has 1 amide bonds. The first kappa shape index (κ1) is 14.1. The van der Waals surface area contributed by atoms with Crippen molar-refractivity contribution >= 4 is 5.91 Å². The number of aryl methyl sites for hydroxylation is 1. The summed E-state index contributed by atoms with van der Waals surface area (Å²) in [5.41, 5.74) is 1.22. The Morgan fingerprint density at radius 2 is 2.11 bits per heavy atom. The molecule has 5 nitrogen and oxygen atoms in total. The molecule has 0 radical (unpaired) electrons. The van der Waals surface area contributed by atoms with Crippen molar-refractivity contribution in [2.45, 2.75) is 32.1 Å². The Labute approximate surface area is 115 Å². The summed E-state index contributed by atoms with van der Waals surface area (Å²) in [6.07, 6.45) is 6.99. The third-order valence-corrected chi connectivity index (χ3v) is 3.70. The van der Waals surface area contributed by atoms with E-state index in [1.54, 1.807) is 0 Å². The molecule has 0 saturated carbocycles. The van der Waals surface area contributed by atoms with Gasteiger partial charge in [0.15, 0.2) is 0 Å². The number of piperidine rings is 1. The molecular formula is C14H24N4O. The molecule has 1 N–H and O–H groups in total. The third kappa shape index (κ3) is 4.35. The lowest BCUT2D eigenvalue weighted by Crippen LogP contribution is -2.37. The smallest absolute Gasteiger partial charge is 0.223 e. The molecule has 1 fully saturated rings. The lowest BCUT2D eigenvalue weighted by atomic mass is 10.1. The van der Waals surface area contributed by atoms with Crippen LogP contribution in [0, 0.1) is 0 Å². The van der Waals surface area contributed by atoms with Gasteiger partial charge in [-0.25, -0.2) is 0 Å². The van der Waals surface area contributed by atoms with Crippen LogP contribution in [0.3, 0.4) is 0 Å². The Morgan fingerprint density at radius 3 is 2.79 bits per heavy atom. The topological polar surface area (TPSA) is 50.2 Å². The van der Waals surface area contributed by atoms with Gasteiger partial charge in [0.25, 0.3) is 0 Å². The van der Waals surface area contributed by atoms with E-state index in [0.29, 0.717) is 12.3 Å². The standard InChI is InChI=1S/C14H24N4O/c1-17-13(6-10-16-17)5-8-15-9-7-14(19)18-11-3-2-4-12-18/h6,10,15H,2-5,7-9,11-12H2,1H3. The largest absolute Gasteiger partial charge is 0.343 e. The van der Waals surface area contributed by atoms with E-state index in [9.17, 15) is 4.79 Å². The van der Waals surface area contributed by atoms with E-state index in [-0.39, 0.29) is 0 Å². The summed E-state index contributed by atoms with van der Waals surface area (Å²) in [5, 5.41) is 7.47. The lowest BCUT2D eigenvalue weighted by molar-refractivity contribution is -0.131. The van der Waals surface area contributed by atoms with Gasteiger partial charge >= 0.3 is 0 Å². The molecule has 0 unspecified atom stereocenters. The van der Waals surface area contributed by atoms with Gasteiger partial charge in [0, 0.05) is 58.0 Å². The zero-order valence-corrected chi connectivity index (χ0v) is 11.8. The zero-order valence-electron chi connectivity index (χ0n) is 11.8. The van der Waals surface area contributed by atoms with Gasteiger partial charge in [-0.2, -0.15) is 5.10 Å². The van der Waals surface area contributed by atoms with Crippen molar-refractivity contribution in [1.29, 1.82) is 0 Å². The molecule has 0 atom stereocenters. The highest BCUT2D eigenvalue weighted by Crippen LogP contribution is 2.09. The second kappa shape index (κ2) is 7.28. The highest BCUT2D eigenvalue weighted by atomic mass is 16.2. The Hall–Kier alpha value is -1.36. The number of hydrogen-bond donors (Lipinski definition) is 1. The Morgan fingerprint density at radius 1 is 1.32 bits per heavy atom. The van der Waals surface area contributed by atoms with E-state index >= 15 is 0 Å². The van der Waals surface area contributed by atoms with Crippen LogP contribution in [-0.2, 0) is 18.3 Å². The fourth-order valence-corrected chi connectivity index (χ4v) is 2.48. The summed E-state index contributed by atoms with van der Waals surface area (Å²) in [4.78, 5) is 13.9. The first-order valence-corrected chi connectivity index (χ1v) is 7.23. The first-order valence-electron chi connectivity index (χ1n) is 7.23. The van der Waals surface area contributed by atoms with Gasteiger partial charge in [-0.05, 0) is 25.3 Å². The fraction of sp³-hybridized carbons (Fsp3) is 0.714. The monoisotopic (exact) mass is 264 g/mol. The Balaban J connectivity index is 1.56. The van der Waals surface area contributed by atoms with E-state index in [2.05, 4.69) is 10.4 Å². The van der Waals surface area contributed by atoms with Crippen LogP contribution in [0.1, 0.15) is 31.4 Å². The maximum absolute atomic E-state index is 11.9. The Kier molecular flexibility index (Phi) is 5.39. The number of carbonyl (C=O) groups is 1. The normalized spacial score (nSPS) is 15.7. The predicted octanol–water partition coefficient (Wildman–Crippen LogP) is 0.955. The van der Waals surface area contributed by atoms with E-state index in [4.69, 9.17) is 0 Å². The molecule has 106 valence electrons. The minimum absolute atomic E-state index is 0.299. The predicted molar refractivity (Wildman–Crippen MR) is 74.8 cm³/mol. The van der Waals surface area contributed by atoms with Crippen LogP contribution < -0.4 is 5.32 Å². The van der Waals surface area contributed by atoms with Crippen LogP contribution in [0.15, 0.2) is 12.3 Å². The highest BCUT2D eigenvalue weighted by molar-refractivity contribution is 5.76. The molecule has 1 aliphatic rings. The van der Waals surface area contributed by atoms with Crippen molar-refractivity contribution in [2.75, 3.05) is 26.2 Å². The van der Waals surface area contributed by atoms with Crippen LogP contribution >= 0.6 is 0 Å². The van der Waals surface area contributed by atoms with Gasteiger partial charge in [-0.1, -0.05) is 0 Å². The van der Waals surface area contributed by atoms with E-state index < -0.39 is 0 Å². The van der Waals surface area contributed by atoms with E-state index in [1.807, 2.05) is 28.9 Å². The van der Waals surface area contributed by atoms with Crippen LogP contribution in [-0.4, -0.2) is 46.8 Å².